The summed E-state index contributed by atoms with van der Waals surface area (Å²) >= 11 is 0. The van der Waals surface area contributed by atoms with Crippen LogP contribution in [0.3, 0.4) is 0 Å². The predicted octanol–water partition coefficient (Wildman–Crippen LogP) is 1.95. The number of amides is 3. The van der Waals surface area contributed by atoms with Crippen LogP contribution in [0.1, 0.15) is 72.9 Å². The maximum Gasteiger partial charge on any atom is 0.255 e. The average Bonchev–Trinajstić information content (AvgIpc) is 2.99. The number of hydrogen-bond donors (Lipinski definition) is 2. The summed E-state index contributed by atoms with van der Waals surface area (Å²) in [5.41, 5.74) is 3.25. The number of rotatable bonds is 3. The van der Waals surface area contributed by atoms with Gasteiger partial charge in [0.1, 0.15) is 6.04 Å². The normalized spacial score (nSPS) is 26.6. The van der Waals surface area contributed by atoms with Crippen LogP contribution >= 0.6 is 0 Å². The molecule has 3 saturated heterocycles. The van der Waals surface area contributed by atoms with Crippen LogP contribution in [0.2, 0.25) is 0 Å². The molecule has 0 aromatic heterocycles. The Morgan fingerprint density at radius 2 is 1.87 bits per heavy atom. The highest BCUT2D eigenvalue weighted by atomic mass is 16.2. The number of nitrogens with zero attached hydrogens (tertiary/aromatic N) is 2. The summed E-state index contributed by atoms with van der Waals surface area (Å²) in [6, 6.07) is 5.46. The number of carbonyl (C=O) groups excluding carboxylic acids is 3. The van der Waals surface area contributed by atoms with Crippen LogP contribution in [0, 0.1) is 0 Å². The van der Waals surface area contributed by atoms with Crippen molar-refractivity contribution in [1.82, 2.24) is 20.4 Å². The van der Waals surface area contributed by atoms with E-state index in [2.05, 4.69) is 21.6 Å². The highest BCUT2D eigenvalue weighted by molar-refractivity contribution is 6.05. The fraction of sp³-hybridized carbons (Fsp3) is 0.625. The van der Waals surface area contributed by atoms with Crippen molar-refractivity contribution in [3.05, 3.63) is 34.9 Å². The molecule has 1 aromatic rings. The minimum atomic E-state index is -0.556. The quantitative estimate of drug-likeness (QED) is 0.725. The van der Waals surface area contributed by atoms with Gasteiger partial charge in [-0.15, -0.1) is 0 Å². The summed E-state index contributed by atoms with van der Waals surface area (Å²) in [5.74, 6) is -0.682. The van der Waals surface area contributed by atoms with E-state index in [0.29, 0.717) is 13.0 Å². The van der Waals surface area contributed by atoms with Crippen molar-refractivity contribution in [2.24, 2.45) is 0 Å². The molecule has 4 aliphatic rings. The Hall–Kier alpha value is -2.25. The standard InChI is InChI=1S/C24H32N4O3/c29-21-8-7-20(22(30)26-21)28-16-19-17(5-4-6-18(19)23(28)31)15-27-14-3-1-2-9-24(27)10-12-25-13-11-24/h4-6,20,25H,1-3,7-16H2,(H,26,29,30). The summed E-state index contributed by atoms with van der Waals surface area (Å²) in [4.78, 5) is 41.4. The zero-order valence-electron chi connectivity index (χ0n) is 18.1. The van der Waals surface area contributed by atoms with E-state index in [1.807, 2.05) is 12.1 Å². The average molecular weight is 425 g/mol. The van der Waals surface area contributed by atoms with Crippen LogP contribution < -0.4 is 10.6 Å². The van der Waals surface area contributed by atoms with Gasteiger partial charge in [0.2, 0.25) is 11.8 Å². The van der Waals surface area contributed by atoms with E-state index >= 15 is 0 Å². The lowest BCUT2D eigenvalue weighted by Gasteiger charge is -2.46. The highest BCUT2D eigenvalue weighted by Crippen LogP contribution is 2.37. The topological polar surface area (TPSA) is 81.8 Å². The first kappa shape index (κ1) is 20.6. The maximum absolute atomic E-state index is 13.2. The molecule has 4 heterocycles. The van der Waals surface area contributed by atoms with E-state index in [1.165, 1.54) is 44.1 Å². The van der Waals surface area contributed by atoms with Crippen LogP contribution in [0.5, 0.6) is 0 Å². The lowest BCUT2D eigenvalue weighted by Crippen LogP contribution is -2.54. The molecular weight excluding hydrogens is 392 g/mol. The number of piperidine rings is 2. The van der Waals surface area contributed by atoms with Crippen molar-refractivity contribution in [3.63, 3.8) is 0 Å². The minimum Gasteiger partial charge on any atom is -0.322 e. The lowest BCUT2D eigenvalue weighted by molar-refractivity contribution is -0.136. The lowest BCUT2D eigenvalue weighted by atomic mass is 9.82. The second-order valence-corrected chi connectivity index (χ2v) is 9.55. The van der Waals surface area contributed by atoms with Crippen LogP contribution in [0.15, 0.2) is 18.2 Å². The Bertz CT molecular complexity index is 893. The van der Waals surface area contributed by atoms with E-state index in [-0.39, 0.29) is 29.7 Å². The molecule has 166 valence electrons. The first-order chi connectivity index (χ1) is 15.1. The van der Waals surface area contributed by atoms with Gasteiger partial charge >= 0.3 is 0 Å². The van der Waals surface area contributed by atoms with Crippen molar-refractivity contribution in [2.75, 3.05) is 19.6 Å². The van der Waals surface area contributed by atoms with Crippen LogP contribution in [-0.4, -0.2) is 58.7 Å². The second-order valence-electron chi connectivity index (χ2n) is 9.55. The van der Waals surface area contributed by atoms with Crippen LogP contribution in [-0.2, 0) is 22.7 Å². The molecule has 1 aromatic carbocycles. The molecule has 3 amide bonds. The monoisotopic (exact) mass is 424 g/mol. The largest absolute Gasteiger partial charge is 0.322 e. The highest BCUT2D eigenvalue weighted by Gasteiger charge is 2.42. The number of fused-ring (bicyclic) bond motifs is 1. The van der Waals surface area contributed by atoms with Gasteiger partial charge in [0.25, 0.3) is 5.91 Å². The molecule has 2 N–H and O–H groups in total. The van der Waals surface area contributed by atoms with Gasteiger partial charge in [0, 0.05) is 30.6 Å². The zero-order valence-corrected chi connectivity index (χ0v) is 18.1. The molecule has 0 bridgehead atoms. The Balaban J connectivity index is 1.40. The SMILES string of the molecule is O=C1CCC(N2Cc3c(CN4CCCCCC45CCNCC5)cccc3C2=O)C(=O)N1. The molecule has 5 rings (SSSR count). The summed E-state index contributed by atoms with van der Waals surface area (Å²) in [7, 11) is 0. The van der Waals surface area contributed by atoms with E-state index in [4.69, 9.17) is 0 Å². The van der Waals surface area contributed by atoms with Crippen molar-refractivity contribution in [3.8, 4) is 0 Å². The Kier molecular flexibility index (Phi) is 5.56. The predicted molar refractivity (Wildman–Crippen MR) is 116 cm³/mol. The van der Waals surface area contributed by atoms with E-state index in [1.54, 1.807) is 4.90 Å². The van der Waals surface area contributed by atoms with Gasteiger partial charge in [-0.25, -0.2) is 0 Å². The summed E-state index contributed by atoms with van der Waals surface area (Å²) in [6.07, 6.45) is 8.13. The minimum absolute atomic E-state index is 0.0844. The molecule has 7 heteroatoms. The molecule has 0 radical (unpaired) electrons. The first-order valence-electron chi connectivity index (χ1n) is 11.8. The van der Waals surface area contributed by atoms with E-state index in [9.17, 15) is 14.4 Å². The van der Waals surface area contributed by atoms with Crippen molar-refractivity contribution in [2.45, 2.75) is 76.0 Å². The number of nitrogens with one attached hydrogen (secondary N) is 2. The van der Waals surface area contributed by atoms with Gasteiger partial charge in [-0.3, -0.25) is 24.6 Å². The van der Waals surface area contributed by atoms with Crippen molar-refractivity contribution in [1.29, 1.82) is 0 Å². The Labute approximate surface area is 183 Å². The molecular formula is C24H32N4O3. The van der Waals surface area contributed by atoms with Gasteiger partial charge < -0.3 is 10.2 Å². The molecule has 31 heavy (non-hydrogen) atoms. The molecule has 0 saturated carbocycles. The fourth-order valence-electron chi connectivity index (χ4n) is 6.04. The van der Waals surface area contributed by atoms with Gasteiger partial charge in [-0.2, -0.15) is 0 Å². The third-order valence-electron chi connectivity index (χ3n) is 7.82. The zero-order chi connectivity index (χ0) is 21.4. The van der Waals surface area contributed by atoms with E-state index < -0.39 is 6.04 Å². The number of imide groups is 1. The summed E-state index contributed by atoms with van der Waals surface area (Å²) < 4.78 is 0. The molecule has 1 unspecified atom stereocenters. The smallest absolute Gasteiger partial charge is 0.255 e. The number of likely N-dealkylation sites (tertiary alicyclic amines) is 1. The van der Waals surface area contributed by atoms with Gasteiger partial charge in [0.05, 0.1) is 0 Å². The first-order valence-corrected chi connectivity index (χ1v) is 11.8. The third-order valence-corrected chi connectivity index (χ3v) is 7.82. The van der Waals surface area contributed by atoms with Gasteiger partial charge in [-0.05, 0) is 68.9 Å². The van der Waals surface area contributed by atoms with Crippen molar-refractivity contribution >= 4 is 17.7 Å². The van der Waals surface area contributed by atoms with Crippen LogP contribution in [0.4, 0.5) is 0 Å². The second kappa shape index (κ2) is 8.36. The summed E-state index contributed by atoms with van der Waals surface area (Å²) in [6.45, 7) is 4.57. The molecule has 1 atom stereocenters. The summed E-state index contributed by atoms with van der Waals surface area (Å²) in [5, 5.41) is 5.91. The number of hydrogen-bond acceptors (Lipinski definition) is 5. The Morgan fingerprint density at radius 1 is 1.03 bits per heavy atom. The number of benzene rings is 1. The molecule has 1 spiro atoms. The molecule has 4 aliphatic heterocycles. The molecule has 0 aliphatic carbocycles. The molecule has 3 fully saturated rings. The van der Waals surface area contributed by atoms with Gasteiger partial charge in [-0.1, -0.05) is 25.0 Å². The number of carbonyl (C=O) groups is 3. The van der Waals surface area contributed by atoms with Crippen molar-refractivity contribution < 1.29 is 14.4 Å². The third kappa shape index (κ3) is 3.78. The van der Waals surface area contributed by atoms with Gasteiger partial charge in [0.15, 0.2) is 0 Å². The van der Waals surface area contributed by atoms with Crippen LogP contribution in [0.25, 0.3) is 0 Å². The van der Waals surface area contributed by atoms with E-state index in [0.717, 1.165) is 37.3 Å². The fourth-order valence-corrected chi connectivity index (χ4v) is 6.04. The maximum atomic E-state index is 13.2. The Morgan fingerprint density at radius 3 is 2.68 bits per heavy atom. The molecule has 7 nitrogen and oxygen atoms in total.